The molecule has 0 unspecified atom stereocenters. The van der Waals surface area contributed by atoms with Crippen LogP contribution < -0.4 is 5.32 Å². The molecule has 3 rings (SSSR count). The van der Waals surface area contributed by atoms with E-state index in [0.29, 0.717) is 38.0 Å². The summed E-state index contributed by atoms with van der Waals surface area (Å²) in [7, 11) is 0. The third kappa shape index (κ3) is 8.00. The first-order chi connectivity index (χ1) is 16.2. The minimum absolute atomic E-state index is 0.245. The van der Waals surface area contributed by atoms with E-state index in [2.05, 4.69) is 5.32 Å². The second-order valence-electron chi connectivity index (χ2n) is 7.51. The lowest BCUT2D eigenvalue weighted by Crippen LogP contribution is -2.61. The fraction of sp³-hybridized carbons (Fsp3) is 0.435. The van der Waals surface area contributed by atoms with Gasteiger partial charge in [-0.1, -0.05) is 30.3 Å². The molecule has 0 bridgehead atoms. The van der Waals surface area contributed by atoms with Crippen molar-refractivity contribution in [2.75, 3.05) is 13.2 Å². The second kappa shape index (κ2) is 13.1. The lowest BCUT2D eigenvalue weighted by molar-refractivity contribution is -0.179. The molecular formula is C23H28N2O9. The fourth-order valence-corrected chi connectivity index (χ4v) is 3.57. The van der Waals surface area contributed by atoms with Crippen molar-refractivity contribution in [3.05, 3.63) is 48.0 Å². The minimum atomic E-state index is -1.26. The van der Waals surface area contributed by atoms with Crippen LogP contribution in [0.4, 0.5) is 0 Å². The summed E-state index contributed by atoms with van der Waals surface area (Å²) in [4.78, 5) is 57.6. The average molecular weight is 476 g/mol. The number of hydrogen-bond acceptors (Lipinski definition) is 8. The number of rotatable bonds is 9. The topological polar surface area (TPSA) is 160 Å². The summed E-state index contributed by atoms with van der Waals surface area (Å²) in [5.41, 5.74) is 1.08. The van der Waals surface area contributed by atoms with Crippen molar-refractivity contribution in [3.8, 4) is 0 Å². The Kier molecular flexibility index (Phi) is 10.2. The van der Waals surface area contributed by atoms with Gasteiger partial charge in [0.1, 0.15) is 12.1 Å². The van der Waals surface area contributed by atoms with E-state index in [9.17, 15) is 24.0 Å². The molecule has 11 heteroatoms. The minimum Gasteiger partial charge on any atom is -0.478 e. The van der Waals surface area contributed by atoms with Crippen LogP contribution in [0.5, 0.6) is 0 Å². The summed E-state index contributed by atoms with van der Waals surface area (Å²) in [6.45, 7) is 2.52. The number of cyclic esters (lactones) is 1. The number of carbonyl (C=O) groups excluding carboxylic acids is 3. The van der Waals surface area contributed by atoms with Crippen LogP contribution in [0, 0.1) is 0 Å². The second-order valence-corrected chi connectivity index (χ2v) is 7.51. The average Bonchev–Trinajstić information content (AvgIpc) is 3.30. The first-order valence-electron chi connectivity index (χ1n) is 10.8. The van der Waals surface area contributed by atoms with Gasteiger partial charge in [0.15, 0.2) is 0 Å². The van der Waals surface area contributed by atoms with Crippen molar-refractivity contribution in [2.24, 2.45) is 0 Å². The fourth-order valence-electron chi connectivity index (χ4n) is 3.57. The number of carboxylic acids is 2. The van der Waals surface area contributed by atoms with Crippen LogP contribution in [0.1, 0.15) is 31.7 Å². The van der Waals surface area contributed by atoms with E-state index in [1.54, 1.807) is 11.8 Å². The highest BCUT2D eigenvalue weighted by Crippen LogP contribution is 2.24. The summed E-state index contributed by atoms with van der Waals surface area (Å²) in [6.07, 6.45) is 2.47. The molecule has 34 heavy (non-hydrogen) atoms. The number of esters is 2. The molecule has 0 saturated carbocycles. The van der Waals surface area contributed by atoms with Crippen molar-refractivity contribution in [1.29, 1.82) is 0 Å². The van der Waals surface area contributed by atoms with Crippen LogP contribution in [0.25, 0.3) is 0 Å². The van der Waals surface area contributed by atoms with Gasteiger partial charge in [0.2, 0.25) is 6.23 Å². The van der Waals surface area contributed by atoms with E-state index in [4.69, 9.17) is 19.7 Å². The third-order valence-corrected chi connectivity index (χ3v) is 5.12. The molecule has 1 amide bonds. The summed E-state index contributed by atoms with van der Waals surface area (Å²) < 4.78 is 10.4. The van der Waals surface area contributed by atoms with E-state index < -0.39 is 42.2 Å². The molecular weight excluding hydrogens is 448 g/mol. The molecule has 2 saturated heterocycles. The molecule has 0 radical (unpaired) electrons. The number of carbonyl (C=O) groups is 5. The van der Waals surface area contributed by atoms with Gasteiger partial charge in [-0.25, -0.2) is 14.4 Å². The Hall–Kier alpha value is -3.73. The van der Waals surface area contributed by atoms with E-state index in [-0.39, 0.29) is 12.5 Å². The van der Waals surface area contributed by atoms with Gasteiger partial charge >= 0.3 is 23.9 Å². The maximum Gasteiger partial charge on any atom is 0.330 e. The zero-order valence-corrected chi connectivity index (χ0v) is 18.7. The SMILES string of the molecule is CCOC(=O)[C@H](CCc1ccccc1)N[C@H]1OC(=O)[C@@H]2CCCN2C1=O.O=C(O)/C=C\C(=O)O. The molecule has 11 nitrogen and oxygen atoms in total. The molecule has 2 aliphatic heterocycles. The lowest BCUT2D eigenvalue weighted by Gasteiger charge is -2.35. The molecule has 1 aromatic rings. The third-order valence-electron chi connectivity index (χ3n) is 5.12. The van der Waals surface area contributed by atoms with Crippen molar-refractivity contribution in [1.82, 2.24) is 10.2 Å². The first kappa shape index (κ1) is 26.5. The number of aryl methyl sites for hydroxylation is 1. The summed E-state index contributed by atoms with van der Waals surface area (Å²) in [6, 6.07) is 8.54. The summed E-state index contributed by atoms with van der Waals surface area (Å²) >= 11 is 0. The van der Waals surface area contributed by atoms with Crippen LogP contribution in [0.2, 0.25) is 0 Å². The molecule has 3 atom stereocenters. The highest BCUT2D eigenvalue weighted by atomic mass is 16.6. The van der Waals surface area contributed by atoms with Crippen molar-refractivity contribution in [2.45, 2.75) is 50.9 Å². The normalized spacial score (nSPS) is 20.1. The Labute approximate surface area is 196 Å². The zero-order valence-electron chi connectivity index (χ0n) is 18.7. The summed E-state index contributed by atoms with van der Waals surface area (Å²) in [5.74, 6) is -3.66. The van der Waals surface area contributed by atoms with Crippen LogP contribution in [-0.4, -0.2) is 76.4 Å². The van der Waals surface area contributed by atoms with Crippen molar-refractivity contribution < 1.29 is 43.7 Å². The Balaban J connectivity index is 0.000000440. The number of nitrogens with zero attached hydrogens (tertiary/aromatic N) is 1. The first-order valence-corrected chi connectivity index (χ1v) is 10.8. The van der Waals surface area contributed by atoms with E-state index in [0.717, 1.165) is 12.0 Å². The number of amides is 1. The highest BCUT2D eigenvalue weighted by molar-refractivity contribution is 5.93. The number of aliphatic carboxylic acids is 2. The summed E-state index contributed by atoms with van der Waals surface area (Å²) in [5, 5.41) is 18.5. The maximum absolute atomic E-state index is 12.6. The number of morpholine rings is 1. The van der Waals surface area contributed by atoms with Crippen LogP contribution in [0.3, 0.4) is 0 Å². The van der Waals surface area contributed by atoms with Gasteiger partial charge < -0.3 is 24.6 Å². The molecule has 0 spiro atoms. The van der Waals surface area contributed by atoms with Crippen LogP contribution in [-0.2, 0) is 39.9 Å². The Bertz CT molecular complexity index is 900. The van der Waals surface area contributed by atoms with Crippen LogP contribution in [0.15, 0.2) is 42.5 Å². The monoisotopic (exact) mass is 476 g/mol. The van der Waals surface area contributed by atoms with Gasteiger partial charge in [-0.3, -0.25) is 14.9 Å². The van der Waals surface area contributed by atoms with Crippen molar-refractivity contribution in [3.63, 3.8) is 0 Å². The smallest absolute Gasteiger partial charge is 0.330 e. The van der Waals surface area contributed by atoms with Crippen LogP contribution >= 0.6 is 0 Å². The largest absolute Gasteiger partial charge is 0.478 e. The van der Waals surface area contributed by atoms with E-state index in [1.807, 2.05) is 30.3 Å². The zero-order chi connectivity index (χ0) is 25.1. The number of benzene rings is 1. The Morgan fingerprint density at radius 2 is 1.82 bits per heavy atom. The van der Waals surface area contributed by atoms with E-state index >= 15 is 0 Å². The number of ether oxygens (including phenoxy) is 2. The van der Waals surface area contributed by atoms with Gasteiger partial charge in [-0.2, -0.15) is 0 Å². The highest BCUT2D eigenvalue weighted by Gasteiger charge is 2.46. The predicted molar refractivity (Wildman–Crippen MR) is 117 cm³/mol. The standard InChI is InChI=1S/C19H24N2O5.C4H4O4/c1-2-25-18(23)14(11-10-13-7-4-3-5-8-13)20-16-17(22)21-12-6-9-15(21)19(24)26-16;5-3(6)1-2-4(7)8/h3-5,7-8,14-16,20H,2,6,9-12H2,1H3;1-2H,(H,5,6)(H,7,8)/b;2-1-/t14-,15-,16-;/m0./s1. The Morgan fingerprint density at radius 1 is 1.18 bits per heavy atom. The maximum atomic E-state index is 12.6. The number of nitrogens with one attached hydrogen (secondary N) is 1. The van der Waals surface area contributed by atoms with E-state index in [1.165, 1.54) is 0 Å². The molecule has 2 fully saturated rings. The molecule has 2 heterocycles. The number of fused-ring (bicyclic) bond motifs is 1. The molecule has 3 N–H and O–H groups in total. The lowest BCUT2D eigenvalue weighted by atomic mass is 10.0. The quantitative estimate of drug-likeness (QED) is 0.342. The van der Waals surface area contributed by atoms with Gasteiger partial charge in [0.05, 0.1) is 6.61 Å². The van der Waals surface area contributed by atoms with Gasteiger partial charge in [0.25, 0.3) is 5.91 Å². The Morgan fingerprint density at radius 3 is 2.41 bits per heavy atom. The molecule has 0 aliphatic carbocycles. The number of carboxylic acid groups (broad SMARTS) is 2. The predicted octanol–water partition coefficient (Wildman–Crippen LogP) is 0.726. The molecule has 184 valence electrons. The van der Waals surface area contributed by atoms with Gasteiger partial charge in [-0.15, -0.1) is 0 Å². The molecule has 1 aromatic carbocycles. The number of hydrogen-bond donors (Lipinski definition) is 3. The molecule has 0 aromatic heterocycles. The van der Waals surface area contributed by atoms with Gasteiger partial charge in [0, 0.05) is 18.7 Å². The van der Waals surface area contributed by atoms with Gasteiger partial charge in [-0.05, 0) is 38.2 Å². The van der Waals surface area contributed by atoms with Crippen molar-refractivity contribution >= 4 is 29.8 Å². The molecule has 2 aliphatic rings.